The summed E-state index contributed by atoms with van der Waals surface area (Å²) in [6, 6.07) is 14.3. The maximum Gasteiger partial charge on any atom is 0.223 e. The van der Waals surface area contributed by atoms with Crippen LogP contribution in [0.4, 0.5) is 0 Å². The molecule has 0 aromatic heterocycles. The number of ether oxygens (including phenoxy) is 2. The fraction of sp³-hybridized carbons (Fsp3) is 0.350. The molecule has 1 N–H and O–H groups in total. The van der Waals surface area contributed by atoms with Gasteiger partial charge in [0.25, 0.3) is 0 Å². The third kappa shape index (κ3) is 2.74. The fourth-order valence-corrected chi connectivity index (χ4v) is 3.96. The largest absolute Gasteiger partial charge is 0.493 e. The van der Waals surface area contributed by atoms with E-state index in [0.29, 0.717) is 12.2 Å². The van der Waals surface area contributed by atoms with E-state index in [2.05, 4.69) is 28.4 Å². The third-order valence-electron chi connectivity index (χ3n) is 5.17. The van der Waals surface area contributed by atoms with Crippen LogP contribution in [0.15, 0.2) is 42.5 Å². The number of amides is 1. The second-order valence-electron chi connectivity index (χ2n) is 6.49. The van der Waals surface area contributed by atoms with Gasteiger partial charge >= 0.3 is 0 Å². The number of nitrogens with zero attached hydrogens (tertiary/aromatic N) is 1. The summed E-state index contributed by atoms with van der Waals surface area (Å²) in [6.45, 7) is 0.896. The summed E-state index contributed by atoms with van der Waals surface area (Å²) in [5, 5.41) is 3.14. The maximum absolute atomic E-state index is 12.4. The van der Waals surface area contributed by atoms with Crippen molar-refractivity contribution in [3.63, 3.8) is 0 Å². The number of hydrogen-bond donors (Lipinski definition) is 1. The number of nitrogens with one attached hydrogen (secondary N) is 1. The average Bonchev–Trinajstić information content (AvgIpc) is 2.66. The predicted molar refractivity (Wildman–Crippen MR) is 94.6 cm³/mol. The van der Waals surface area contributed by atoms with Crippen molar-refractivity contribution in [3.8, 4) is 11.5 Å². The number of hydrogen-bond acceptors (Lipinski definition) is 4. The zero-order chi connectivity index (χ0) is 17.4. The first-order valence-electron chi connectivity index (χ1n) is 8.56. The molecule has 5 heteroatoms. The van der Waals surface area contributed by atoms with Crippen molar-refractivity contribution in [2.45, 2.75) is 25.0 Å². The van der Waals surface area contributed by atoms with E-state index >= 15 is 0 Å². The van der Waals surface area contributed by atoms with Gasteiger partial charge in [0, 0.05) is 19.0 Å². The molecule has 1 amide bonds. The highest BCUT2D eigenvalue weighted by Gasteiger charge is 2.39. The Kier molecular flexibility index (Phi) is 4.09. The Labute approximate surface area is 147 Å². The number of methoxy groups -OCH3 is 2. The Balaban J connectivity index is 1.75. The van der Waals surface area contributed by atoms with Gasteiger partial charge in [-0.1, -0.05) is 30.3 Å². The van der Waals surface area contributed by atoms with Crippen LogP contribution in [-0.2, 0) is 11.2 Å². The maximum atomic E-state index is 12.4. The van der Waals surface area contributed by atoms with Crippen molar-refractivity contribution in [2.75, 3.05) is 20.8 Å². The zero-order valence-electron chi connectivity index (χ0n) is 14.5. The van der Waals surface area contributed by atoms with E-state index in [1.165, 1.54) is 11.1 Å². The molecule has 0 saturated carbocycles. The SMILES string of the molecule is COc1cc2c(cc1OC)[C@H]1CC(=O)N[C@@H](c3ccccc3)N1CC2. The van der Waals surface area contributed by atoms with Crippen LogP contribution in [0.3, 0.4) is 0 Å². The molecule has 1 fully saturated rings. The molecule has 0 radical (unpaired) electrons. The van der Waals surface area contributed by atoms with E-state index in [9.17, 15) is 4.79 Å². The lowest BCUT2D eigenvalue weighted by Gasteiger charge is -2.46. The van der Waals surface area contributed by atoms with Gasteiger partial charge in [-0.05, 0) is 35.2 Å². The standard InChI is InChI=1S/C20H22N2O3/c1-24-17-10-14-8-9-22-16(15(14)11-18(17)25-2)12-19(23)21-20(22)13-6-4-3-5-7-13/h3-7,10-11,16,20H,8-9,12H2,1-2H3,(H,21,23)/t16-,20-/m1/s1. The lowest BCUT2D eigenvalue weighted by molar-refractivity contribution is -0.130. The molecule has 0 spiro atoms. The lowest BCUT2D eigenvalue weighted by Crippen LogP contribution is -2.51. The minimum atomic E-state index is -0.0892. The number of carbonyl (C=O) groups is 1. The van der Waals surface area contributed by atoms with Crippen molar-refractivity contribution in [2.24, 2.45) is 0 Å². The van der Waals surface area contributed by atoms with E-state index < -0.39 is 0 Å². The van der Waals surface area contributed by atoms with Crippen molar-refractivity contribution in [3.05, 3.63) is 59.2 Å². The van der Waals surface area contributed by atoms with Gasteiger partial charge in [0.05, 0.1) is 14.2 Å². The summed E-state index contributed by atoms with van der Waals surface area (Å²) in [5.74, 6) is 1.54. The number of rotatable bonds is 3. The molecule has 25 heavy (non-hydrogen) atoms. The summed E-state index contributed by atoms with van der Waals surface area (Å²) in [7, 11) is 3.30. The highest BCUT2D eigenvalue weighted by atomic mass is 16.5. The number of fused-ring (bicyclic) bond motifs is 3. The van der Waals surface area contributed by atoms with Gasteiger partial charge in [0.2, 0.25) is 5.91 Å². The molecule has 5 nitrogen and oxygen atoms in total. The van der Waals surface area contributed by atoms with Crippen molar-refractivity contribution in [1.82, 2.24) is 10.2 Å². The van der Waals surface area contributed by atoms with Gasteiger partial charge < -0.3 is 14.8 Å². The molecular weight excluding hydrogens is 316 g/mol. The van der Waals surface area contributed by atoms with E-state index in [1.54, 1.807) is 14.2 Å². The monoisotopic (exact) mass is 338 g/mol. The molecule has 130 valence electrons. The second kappa shape index (κ2) is 6.41. The molecule has 4 rings (SSSR count). The Morgan fingerprint density at radius 1 is 1.08 bits per heavy atom. The molecule has 2 aliphatic heterocycles. The summed E-state index contributed by atoms with van der Waals surface area (Å²) >= 11 is 0. The van der Waals surface area contributed by atoms with Gasteiger partial charge in [-0.2, -0.15) is 0 Å². The van der Waals surface area contributed by atoms with Crippen LogP contribution in [0.5, 0.6) is 11.5 Å². The van der Waals surface area contributed by atoms with Gasteiger partial charge in [-0.3, -0.25) is 9.69 Å². The third-order valence-corrected chi connectivity index (χ3v) is 5.17. The molecule has 2 aromatic carbocycles. The molecule has 1 saturated heterocycles. The normalized spacial score (nSPS) is 22.6. The number of benzene rings is 2. The molecule has 0 unspecified atom stereocenters. The van der Waals surface area contributed by atoms with Crippen LogP contribution in [0.2, 0.25) is 0 Å². The topological polar surface area (TPSA) is 50.8 Å². The zero-order valence-corrected chi connectivity index (χ0v) is 14.5. The first-order chi connectivity index (χ1) is 12.2. The molecule has 2 aliphatic rings. The fourth-order valence-electron chi connectivity index (χ4n) is 3.96. The van der Waals surface area contributed by atoms with E-state index in [-0.39, 0.29) is 18.1 Å². The Bertz CT molecular complexity index is 791. The van der Waals surface area contributed by atoms with Gasteiger partial charge in [-0.15, -0.1) is 0 Å². The summed E-state index contributed by atoms with van der Waals surface area (Å²) in [4.78, 5) is 14.8. The highest BCUT2D eigenvalue weighted by Crippen LogP contribution is 2.43. The van der Waals surface area contributed by atoms with Crippen LogP contribution in [-0.4, -0.2) is 31.6 Å². The van der Waals surface area contributed by atoms with E-state index in [1.807, 2.05) is 24.3 Å². The Hall–Kier alpha value is -2.53. The van der Waals surface area contributed by atoms with Gasteiger partial charge in [0.1, 0.15) is 6.17 Å². The predicted octanol–water partition coefficient (Wildman–Crippen LogP) is 2.82. The molecule has 2 aromatic rings. The molecule has 0 aliphatic carbocycles. The average molecular weight is 338 g/mol. The highest BCUT2D eigenvalue weighted by molar-refractivity contribution is 5.78. The van der Waals surface area contributed by atoms with Crippen molar-refractivity contribution < 1.29 is 14.3 Å². The quantitative estimate of drug-likeness (QED) is 0.935. The lowest BCUT2D eigenvalue weighted by atomic mass is 9.87. The minimum Gasteiger partial charge on any atom is -0.493 e. The summed E-state index contributed by atoms with van der Waals surface area (Å²) in [6.07, 6.45) is 1.30. The van der Waals surface area contributed by atoms with Crippen molar-refractivity contribution in [1.29, 1.82) is 0 Å². The van der Waals surface area contributed by atoms with Gasteiger partial charge in [0.15, 0.2) is 11.5 Å². The van der Waals surface area contributed by atoms with Crippen LogP contribution in [0, 0.1) is 0 Å². The van der Waals surface area contributed by atoms with Crippen LogP contribution in [0.1, 0.15) is 35.3 Å². The minimum absolute atomic E-state index is 0.0579. The van der Waals surface area contributed by atoms with Crippen LogP contribution in [0.25, 0.3) is 0 Å². The molecule has 0 bridgehead atoms. The molecular formula is C20H22N2O3. The van der Waals surface area contributed by atoms with Crippen molar-refractivity contribution >= 4 is 5.91 Å². The van der Waals surface area contributed by atoms with Gasteiger partial charge in [-0.25, -0.2) is 0 Å². The molecule has 2 heterocycles. The first-order valence-corrected chi connectivity index (χ1v) is 8.56. The molecule has 2 atom stereocenters. The Morgan fingerprint density at radius 3 is 2.52 bits per heavy atom. The Morgan fingerprint density at radius 2 is 1.80 bits per heavy atom. The van der Waals surface area contributed by atoms with E-state index in [4.69, 9.17) is 9.47 Å². The van der Waals surface area contributed by atoms with Crippen LogP contribution >= 0.6 is 0 Å². The summed E-state index contributed by atoms with van der Waals surface area (Å²) in [5.41, 5.74) is 3.52. The van der Waals surface area contributed by atoms with Crippen LogP contribution < -0.4 is 14.8 Å². The second-order valence-corrected chi connectivity index (χ2v) is 6.49. The summed E-state index contributed by atoms with van der Waals surface area (Å²) < 4.78 is 10.9. The number of carbonyl (C=O) groups excluding carboxylic acids is 1. The smallest absolute Gasteiger partial charge is 0.223 e. The first kappa shape index (κ1) is 16.0. The van der Waals surface area contributed by atoms with E-state index in [0.717, 1.165) is 24.3 Å².